The van der Waals surface area contributed by atoms with Crippen LogP contribution in [0.1, 0.15) is 139 Å². The van der Waals surface area contributed by atoms with Gasteiger partial charge in [0.15, 0.2) is 0 Å². The molecule has 6 aromatic carbocycles. The summed E-state index contributed by atoms with van der Waals surface area (Å²) in [5.41, 5.74) is 14.5. The number of hydrogen-bond donors (Lipinski definition) is 0. The van der Waals surface area contributed by atoms with Crippen LogP contribution in [0, 0.1) is 25.7 Å². The van der Waals surface area contributed by atoms with Crippen molar-refractivity contribution in [1.29, 1.82) is 0 Å². The summed E-state index contributed by atoms with van der Waals surface area (Å²) >= 11 is -0.826. The first-order valence-corrected chi connectivity index (χ1v) is 31.1. The molecule has 0 aliphatic heterocycles. The van der Waals surface area contributed by atoms with Gasteiger partial charge in [0.1, 0.15) is 0 Å². The van der Waals surface area contributed by atoms with Crippen LogP contribution in [0.15, 0.2) is 97.1 Å². The predicted octanol–water partition coefficient (Wildman–Crippen LogP) is 18.1. The number of fused-ring (bicyclic) bond motifs is 2. The normalized spacial score (nSPS) is 15.0. The summed E-state index contributed by atoms with van der Waals surface area (Å²) in [7, 11) is 11.0. The summed E-state index contributed by atoms with van der Waals surface area (Å²) in [6, 6.07) is 37.5. The molecular formula is C56H72Cl2SiZr. The van der Waals surface area contributed by atoms with Gasteiger partial charge in [-0.1, -0.05) is 204 Å². The monoisotopic (exact) mass is 932 g/mol. The summed E-state index contributed by atoms with van der Waals surface area (Å²) in [5, 5.41) is 5.75. The van der Waals surface area contributed by atoms with Crippen LogP contribution in [-0.2, 0) is 44.5 Å². The second-order valence-corrected chi connectivity index (χ2v) is 24.6. The third-order valence-corrected chi connectivity index (χ3v) is 13.0. The van der Waals surface area contributed by atoms with Gasteiger partial charge in [0.05, 0.1) is 0 Å². The Hall–Kier alpha value is -2.22. The summed E-state index contributed by atoms with van der Waals surface area (Å²) < 4.78 is 0. The molecule has 0 unspecified atom stereocenters. The molecule has 2 fully saturated rings. The number of aryl methyl sites for hydroxylation is 2. The fourth-order valence-corrected chi connectivity index (χ4v) is 9.50. The molecule has 0 N–H and O–H groups in total. The standard InChI is InChI=1S/2C27H33.C2H6Si.2ClH.Zr/c2*1-19-10-15-24(22-11-13-23(14-12-22)27(2,3)4)26-18-21(17-25(19)26)16-20-8-6-5-7-9-20;1-3-2;;;/h2*10-15,17-18,20H,5-9,16H2,1-4H3;1-2H3;2*1H;/q2*-1;;;;+4/p-2. The zero-order valence-corrected chi connectivity index (χ0v) is 43.6. The number of benzene rings is 4. The maximum absolute atomic E-state index is 4.93. The van der Waals surface area contributed by atoms with E-state index in [1.54, 1.807) is 11.1 Å². The fourth-order valence-electron chi connectivity index (χ4n) is 9.50. The summed E-state index contributed by atoms with van der Waals surface area (Å²) in [4.78, 5) is 0. The van der Waals surface area contributed by atoms with Crippen molar-refractivity contribution in [2.24, 2.45) is 11.8 Å². The Bertz CT molecular complexity index is 2040. The molecule has 2 radical (unpaired) electrons. The van der Waals surface area contributed by atoms with E-state index in [2.05, 4.69) is 166 Å². The van der Waals surface area contributed by atoms with Gasteiger partial charge in [-0.2, -0.15) is 12.1 Å². The van der Waals surface area contributed by atoms with Crippen molar-refractivity contribution in [3.8, 4) is 22.3 Å². The van der Waals surface area contributed by atoms with Gasteiger partial charge in [-0.05, 0) is 57.8 Å². The Morgan fingerprint density at radius 1 is 0.533 bits per heavy atom. The number of rotatable bonds is 6. The molecule has 2 saturated carbocycles. The van der Waals surface area contributed by atoms with Crippen molar-refractivity contribution in [2.45, 2.75) is 156 Å². The molecule has 318 valence electrons. The summed E-state index contributed by atoms with van der Waals surface area (Å²) in [6.45, 7) is 22.5. The minimum atomic E-state index is -0.826. The molecule has 2 aliphatic carbocycles. The van der Waals surface area contributed by atoms with E-state index < -0.39 is 20.8 Å². The molecule has 0 nitrogen and oxygen atoms in total. The van der Waals surface area contributed by atoms with E-state index in [0.717, 1.165) is 21.4 Å². The fraction of sp³-hybridized carbons (Fsp3) is 0.464. The van der Waals surface area contributed by atoms with E-state index in [4.69, 9.17) is 17.0 Å². The van der Waals surface area contributed by atoms with Crippen molar-refractivity contribution in [3.05, 3.63) is 130 Å². The van der Waals surface area contributed by atoms with Gasteiger partial charge in [0.25, 0.3) is 0 Å². The third kappa shape index (κ3) is 13.4. The van der Waals surface area contributed by atoms with E-state index in [9.17, 15) is 0 Å². The average molecular weight is 935 g/mol. The number of hydrogen-bond acceptors (Lipinski definition) is 0. The van der Waals surface area contributed by atoms with Gasteiger partial charge in [-0.25, -0.2) is 0 Å². The molecule has 8 rings (SSSR count). The third-order valence-electron chi connectivity index (χ3n) is 13.0. The SMILES string of the molecule is C[Si]C.Cc1ccc(-c2ccc(C(C)(C)C)cc2)c2cc(CC3CCCCC3)[cH-]c12.Cc1ccc(-c2ccc(C(C)(C)C)cc2)c2cc(CC3CCCCC3)[cH-]c12.[Cl][Zr+2][Cl]. The minimum absolute atomic E-state index is 0.203. The van der Waals surface area contributed by atoms with E-state index in [0.29, 0.717) is 0 Å². The Balaban J connectivity index is 0.000000201. The van der Waals surface area contributed by atoms with Crippen LogP contribution in [0.4, 0.5) is 0 Å². The molecule has 4 heteroatoms. The van der Waals surface area contributed by atoms with Gasteiger partial charge in [0.2, 0.25) is 0 Å². The first-order valence-electron chi connectivity index (χ1n) is 22.8. The Morgan fingerprint density at radius 2 is 0.850 bits per heavy atom. The molecule has 60 heavy (non-hydrogen) atoms. The van der Waals surface area contributed by atoms with Crippen LogP contribution >= 0.6 is 17.0 Å². The van der Waals surface area contributed by atoms with Crippen molar-refractivity contribution >= 4 is 48.1 Å². The first-order chi connectivity index (χ1) is 28.7. The molecule has 0 aromatic heterocycles. The van der Waals surface area contributed by atoms with E-state index in [1.807, 2.05) is 0 Å². The van der Waals surface area contributed by atoms with Crippen LogP contribution < -0.4 is 0 Å². The van der Waals surface area contributed by atoms with Gasteiger partial charge in [-0.3, -0.25) is 0 Å². The molecule has 0 atom stereocenters. The van der Waals surface area contributed by atoms with Gasteiger partial charge >= 0.3 is 37.9 Å². The van der Waals surface area contributed by atoms with Gasteiger partial charge in [-0.15, -0.1) is 68.1 Å². The molecule has 0 bridgehead atoms. The van der Waals surface area contributed by atoms with E-state index >= 15 is 0 Å². The molecule has 2 aliphatic rings. The maximum atomic E-state index is 4.93. The van der Waals surface area contributed by atoms with E-state index in [-0.39, 0.29) is 10.8 Å². The second-order valence-electron chi connectivity index (χ2n) is 19.9. The van der Waals surface area contributed by atoms with Crippen molar-refractivity contribution in [3.63, 3.8) is 0 Å². The van der Waals surface area contributed by atoms with Crippen LogP contribution in [-0.4, -0.2) is 9.52 Å². The molecule has 6 aromatic rings. The van der Waals surface area contributed by atoms with Crippen molar-refractivity contribution in [2.75, 3.05) is 0 Å². The van der Waals surface area contributed by atoms with Crippen LogP contribution in [0.2, 0.25) is 13.1 Å². The van der Waals surface area contributed by atoms with Gasteiger partial charge in [0, 0.05) is 9.52 Å². The Kier molecular flexibility index (Phi) is 18.7. The molecule has 0 spiro atoms. The summed E-state index contributed by atoms with van der Waals surface area (Å²) in [5.74, 6) is 1.79. The quantitative estimate of drug-likeness (QED) is 0.115. The summed E-state index contributed by atoms with van der Waals surface area (Å²) in [6.07, 6.45) is 16.8. The van der Waals surface area contributed by atoms with Crippen molar-refractivity contribution in [1.82, 2.24) is 0 Å². The predicted molar refractivity (Wildman–Crippen MR) is 267 cm³/mol. The van der Waals surface area contributed by atoms with Gasteiger partial charge < -0.3 is 0 Å². The Labute approximate surface area is 386 Å². The Morgan fingerprint density at radius 3 is 1.15 bits per heavy atom. The molecule has 0 heterocycles. The van der Waals surface area contributed by atoms with Crippen LogP contribution in [0.3, 0.4) is 0 Å². The van der Waals surface area contributed by atoms with Crippen LogP contribution in [0.5, 0.6) is 0 Å². The average Bonchev–Trinajstić information content (AvgIpc) is 3.85. The second kappa shape index (κ2) is 22.9. The van der Waals surface area contributed by atoms with Crippen LogP contribution in [0.25, 0.3) is 43.8 Å². The zero-order chi connectivity index (χ0) is 43.5. The first kappa shape index (κ1) is 48.8. The van der Waals surface area contributed by atoms with E-state index in [1.165, 1.54) is 143 Å². The molecule has 0 amide bonds. The number of halogens is 2. The van der Waals surface area contributed by atoms with Crippen molar-refractivity contribution < 1.29 is 20.8 Å². The zero-order valence-electron chi connectivity index (χ0n) is 38.6. The molecule has 0 saturated heterocycles. The molecular weight excluding hydrogens is 863 g/mol. The topological polar surface area (TPSA) is 0 Å².